The van der Waals surface area contributed by atoms with E-state index in [0.29, 0.717) is 0 Å². The second-order valence-corrected chi connectivity index (χ2v) is 6.66. The number of ether oxygens (including phenoxy) is 2. The van der Waals surface area contributed by atoms with Crippen LogP contribution in [0, 0.1) is 0 Å². The highest BCUT2D eigenvalue weighted by molar-refractivity contribution is 7.86. The lowest BCUT2D eigenvalue weighted by molar-refractivity contribution is -0.150. The molecule has 0 aromatic carbocycles. The number of rotatable bonds is 5. The van der Waals surface area contributed by atoms with Crippen LogP contribution in [0.2, 0.25) is 0 Å². The molecule has 0 atom stereocenters. The maximum absolute atomic E-state index is 12.8. The molecular weight excluding hydrogens is 316 g/mol. The van der Waals surface area contributed by atoms with Gasteiger partial charge in [-0.05, 0) is 20.8 Å². The van der Waals surface area contributed by atoms with Crippen molar-refractivity contribution >= 4 is 22.2 Å². The molecule has 0 fully saturated rings. The van der Waals surface area contributed by atoms with Gasteiger partial charge >= 0.3 is 27.4 Å². The summed E-state index contributed by atoms with van der Waals surface area (Å²) in [7, 11) is -4.52. The molecule has 0 radical (unpaired) electrons. The first-order valence-electron chi connectivity index (χ1n) is 5.60. The Bertz CT molecular complexity index is 498. The number of hydrogen-bond acceptors (Lipinski definition) is 6. The number of amides is 1. The number of nitrogens with zero attached hydrogens (tertiary/aromatic N) is 1. The highest BCUT2D eigenvalue weighted by atomic mass is 32.2. The minimum Gasteiger partial charge on any atom is -0.457 e. The van der Waals surface area contributed by atoms with Crippen LogP contribution in [0.4, 0.5) is 13.6 Å². The molecule has 0 bridgehead atoms. The molecule has 0 aliphatic heterocycles. The van der Waals surface area contributed by atoms with E-state index in [1.807, 2.05) is 0 Å². The lowest BCUT2D eigenvalue weighted by atomic mass is 10.2. The SMILES string of the molecule is CN(CC(=O)OCC(F)(F)S(=O)(=O)O)C(=O)OC(C)(C)C. The first-order valence-corrected chi connectivity index (χ1v) is 7.04. The third-order valence-corrected chi connectivity index (χ3v) is 2.72. The molecule has 0 rings (SSSR count). The Morgan fingerprint density at radius 2 is 1.71 bits per heavy atom. The van der Waals surface area contributed by atoms with Crippen LogP contribution in [0.15, 0.2) is 0 Å². The molecule has 124 valence electrons. The lowest BCUT2D eigenvalue weighted by Crippen LogP contribution is -2.39. The minimum absolute atomic E-state index is 0.726. The molecule has 8 nitrogen and oxygen atoms in total. The third kappa shape index (κ3) is 7.18. The Kier molecular flexibility index (Phi) is 6.05. The summed E-state index contributed by atoms with van der Waals surface area (Å²) in [5.74, 6) is -1.29. The number of carbonyl (C=O) groups excluding carboxylic acids is 2. The molecule has 0 aliphatic rings. The number of hydrogen-bond donors (Lipinski definition) is 1. The highest BCUT2D eigenvalue weighted by Crippen LogP contribution is 2.20. The fourth-order valence-electron chi connectivity index (χ4n) is 0.883. The lowest BCUT2D eigenvalue weighted by Gasteiger charge is -2.24. The van der Waals surface area contributed by atoms with E-state index in [1.165, 1.54) is 0 Å². The summed E-state index contributed by atoms with van der Waals surface area (Å²) < 4.78 is 63.2. The van der Waals surface area contributed by atoms with E-state index in [2.05, 4.69) is 4.74 Å². The van der Waals surface area contributed by atoms with E-state index in [1.54, 1.807) is 20.8 Å². The van der Waals surface area contributed by atoms with Crippen LogP contribution in [0.5, 0.6) is 0 Å². The van der Waals surface area contributed by atoms with Crippen molar-refractivity contribution in [1.82, 2.24) is 4.90 Å². The standard InChI is InChI=1S/C10H17F2NO7S/c1-9(2,3)20-8(15)13(4)5-7(14)19-6-10(11,12)21(16,17)18/h5-6H2,1-4H3,(H,16,17,18). The Balaban J connectivity index is 4.43. The van der Waals surface area contributed by atoms with Gasteiger partial charge in [-0.25, -0.2) is 4.79 Å². The molecule has 0 spiro atoms. The molecule has 0 aliphatic carbocycles. The molecule has 0 heterocycles. The normalized spacial score (nSPS) is 12.7. The van der Waals surface area contributed by atoms with Gasteiger partial charge < -0.3 is 14.4 Å². The van der Waals surface area contributed by atoms with Gasteiger partial charge in [0.25, 0.3) is 0 Å². The van der Waals surface area contributed by atoms with Gasteiger partial charge in [-0.3, -0.25) is 9.35 Å². The van der Waals surface area contributed by atoms with Crippen LogP contribution in [0.25, 0.3) is 0 Å². The van der Waals surface area contributed by atoms with E-state index in [4.69, 9.17) is 9.29 Å². The topological polar surface area (TPSA) is 110 Å². The van der Waals surface area contributed by atoms with Gasteiger partial charge in [-0.1, -0.05) is 0 Å². The molecule has 21 heavy (non-hydrogen) atoms. The Morgan fingerprint density at radius 3 is 2.10 bits per heavy atom. The summed E-state index contributed by atoms with van der Waals surface area (Å²) in [6.45, 7) is 2.18. The van der Waals surface area contributed by atoms with Crippen LogP contribution in [0.1, 0.15) is 20.8 Å². The second-order valence-electron chi connectivity index (χ2n) is 5.11. The Morgan fingerprint density at radius 1 is 1.24 bits per heavy atom. The summed E-state index contributed by atoms with van der Waals surface area (Å²) in [5, 5.41) is -4.62. The van der Waals surface area contributed by atoms with Gasteiger partial charge in [0.1, 0.15) is 12.1 Å². The maximum Gasteiger partial charge on any atom is 0.410 e. The first-order chi connectivity index (χ1) is 9.16. The van der Waals surface area contributed by atoms with Crippen molar-refractivity contribution in [2.45, 2.75) is 31.6 Å². The largest absolute Gasteiger partial charge is 0.457 e. The molecule has 0 aromatic heterocycles. The maximum atomic E-state index is 12.8. The van der Waals surface area contributed by atoms with Crippen molar-refractivity contribution in [2.24, 2.45) is 0 Å². The van der Waals surface area contributed by atoms with Crippen molar-refractivity contribution in [2.75, 3.05) is 20.2 Å². The van der Waals surface area contributed by atoms with Gasteiger partial charge in [0.2, 0.25) is 0 Å². The molecule has 1 amide bonds. The number of alkyl halides is 2. The summed E-state index contributed by atoms with van der Waals surface area (Å²) >= 11 is 0. The van der Waals surface area contributed by atoms with Gasteiger partial charge in [0.15, 0.2) is 6.61 Å². The number of likely N-dealkylation sites (N-methyl/N-ethyl adjacent to an activating group) is 1. The minimum atomic E-state index is -5.68. The van der Waals surface area contributed by atoms with Crippen molar-refractivity contribution in [3.05, 3.63) is 0 Å². The monoisotopic (exact) mass is 333 g/mol. The van der Waals surface area contributed by atoms with Crippen molar-refractivity contribution in [3.8, 4) is 0 Å². The summed E-state index contributed by atoms with van der Waals surface area (Å²) in [6.07, 6.45) is -0.888. The average molecular weight is 333 g/mol. The number of carbonyl (C=O) groups is 2. The smallest absolute Gasteiger partial charge is 0.410 e. The van der Waals surface area contributed by atoms with Crippen molar-refractivity contribution in [1.29, 1.82) is 0 Å². The summed E-state index contributed by atoms with van der Waals surface area (Å²) in [4.78, 5) is 23.4. The van der Waals surface area contributed by atoms with Crippen LogP contribution >= 0.6 is 0 Å². The van der Waals surface area contributed by atoms with E-state index in [-0.39, 0.29) is 0 Å². The van der Waals surface area contributed by atoms with Crippen LogP contribution in [-0.4, -0.2) is 61.0 Å². The zero-order chi connectivity index (χ0) is 17.1. The van der Waals surface area contributed by atoms with E-state index < -0.39 is 46.2 Å². The van der Waals surface area contributed by atoms with Crippen LogP contribution in [0.3, 0.4) is 0 Å². The van der Waals surface area contributed by atoms with Gasteiger partial charge in [-0.2, -0.15) is 17.2 Å². The number of halogens is 2. The second kappa shape index (κ2) is 6.52. The quantitative estimate of drug-likeness (QED) is 0.587. The third-order valence-electron chi connectivity index (χ3n) is 1.85. The van der Waals surface area contributed by atoms with Crippen LogP contribution in [-0.2, 0) is 24.4 Å². The van der Waals surface area contributed by atoms with E-state index in [0.717, 1.165) is 11.9 Å². The first kappa shape index (κ1) is 19.5. The molecule has 11 heteroatoms. The van der Waals surface area contributed by atoms with E-state index in [9.17, 15) is 26.8 Å². The molecule has 0 saturated carbocycles. The Labute approximate surface area is 120 Å². The molecule has 0 unspecified atom stereocenters. The van der Waals surface area contributed by atoms with Gasteiger partial charge in [0.05, 0.1) is 0 Å². The number of esters is 1. The average Bonchev–Trinajstić information content (AvgIpc) is 2.22. The predicted octanol–water partition coefficient (Wildman–Crippen LogP) is 0.877. The fraction of sp³-hybridized carbons (Fsp3) is 0.800. The molecule has 1 N–H and O–H groups in total. The van der Waals surface area contributed by atoms with Gasteiger partial charge in [0, 0.05) is 7.05 Å². The zero-order valence-corrected chi connectivity index (χ0v) is 12.7. The molecule has 0 saturated heterocycles. The van der Waals surface area contributed by atoms with Crippen molar-refractivity contribution < 1.29 is 40.8 Å². The zero-order valence-electron chi connectivity index (χ0n) is 11.9. The van der Waals surface area contributed by atoms with Crippen molar-refractivity contribution in [3.63, 3.8) is 0 Å². The fourth-order valence-corrected chi connectivity index (χ4v) is 1.09. The van der Waals surface area contributed by atoms with Gasteiger partial charge in [-0.15, -0.1) is 0 Å². The predicted molar refractivity (Wildman–Crippen MR) is 66.3 cm³/mol. The molecule has 0 aromatic rings. The highest BCUT2D eigenvalue weighted by Gasteiger charge is 2.45. The summed E-state index contributed by atoms with van der Waals surface area (Å²) in [5.41, 5.74) is -0.812. The molecular formula is C10H17F2NO7S. The summed E-state index contributed by atoms with van der Waals surface area (Å²) in [6, 6.07) is 0. The van der Waals surface area contributed by atoms with Crippen LogP contribution < -0.4 is 0 Å². The Hall–Kier alpha value is -1.49. The van der Waals surface area contributed by atoms with E-state index >= 15 is 0 Å².